The summed E-state index contributed by atoms with van der Waals surface area (Å²) in [6.45, 7) is 5.02. The number of nitrogens with one attached hydrogen (secondary N) is 1. The molecule has 3 N–H and O–H groups in total. The van der Waals surface area contributed by atoms with E-state index in [1.54, 1.807) is 23.5 Å². The number of aliphatic carboxylic acids is 1. The van der Waals surface area contributed by atoms with Crippen molar-refractivity contribution in [1.29, 1.82) is 0 Å². The van der Waals surface area contributed by atoms with Crippen LogP contribution in [-0.4, -0.2) is 37.2 Å². The molecule has 0 saturated carbocycles. The van der Waals surface area contributed by atoms with Crippen LogP contribution in [0.1, 0.15) is 26.7 Å². The second-order valence-corrected chi connectivity index (χ2v) is 6.31. The van der Waals surface area contributed by atoms with Gasteiger partial charge in [-0.05, 0) is 41.9 Å². The number of benzene rings is 1. The molecule has 128 valence electrons. The quantitative estimate of drug-likeness (QED) is 0.564. The van der Waals surface area contributed by atoms with Crippen LogP contribution in [0.3, 0.4) is 0 Å². The largest absolute Gasteiger partial charge is 0.544 e. The maximum atomic E-state index is 12.0. The Morgan fingerprint density at radius 2 is 2.04 bits per heavy atom. The first-order chi connectivity index (χ1) is 10.9. The highest BCUT2D eigenvalue weighted by atomic mass is 79.9. The Morgan fingerprint density at radius 3 is 2.65 bits per heavy atom. The van der Waals surface area contributed by atoms with Crippen molar-refractivity contribution in [2.24, 2.45) is 0 Å². The highest BCUT2D eigenvalue weighted by Crippen LogP contribution is 2.21. The van der Waals surface area contributed by atoms with E-state index in [0.29, 0.717) is 25.3 Å². The summed E-state index contributed by atoms with van der Waals surface area (Å²) in [5, 5.41) is 15.5. The highest BCUT2D eigenvalue weighted by Gasteiger charge is 2.18. The summed E-state index contributed by atoms with van der Waals surface area (Å²) in [4.78, 5) is 23.2. The number of amides is 1. The lowest BCUT2D eigenvalue weighted by Crippen LogP contribution is -2.93. The third-order valence-corrected chi connectivity index (χ3v) is 3.80. The first-order valence-corrected chi connectivity index (χ1v) is 8.39. The number of halogens is 1. The summed E-state index contributed by atoms with van der Waals surface area (Å²) in [5.74, 6) is -1.60. The topological polar surface area (TPSA) is 95.1 Å². The number of hydrogen-bond donors (Lipinski definition) is 2. The van der Waals surface area contributed by atoms with E-state index in [-0.39, 0.29) is 18.4 Å². The molecule has 0 bridgehead atoms. The first-order valence-electron chi connectivity index (χ1n) is 7.60. The maximum absolute atomic E-state index is 12.0. The van der Waals surface area contributed by atoms with Crippen molar-refractivity contribution in [2.75, 3.05) is 18.5 Å². The Balaban J connectivity index is 2.41. The van der Waals surface area contributed by atoms with E-state index < -0.39 is 12.0 Å². The lowest BCUT2D eigenvalue weighted by atomic mass is 10.2. The van der Waals surface area contributed by atoms with Gasteiger partial charge >= 0.3 is 0 Å². The van der Waals surface area contributed by atoms with E-state index in [4.69, 9.17) is 4.74 Å². The minimum atomic E-state index is -1.24. The molecule has 7 heteroatoms. The maximum Gasteiger partial charge on any atom is 0.230 e. The zero-order valence-electron chi connectivity index (χ0n) is 13.4. The van der Waals surface area contributed by atoms with Crippen LogP contribution in [0, 0.1) is 0 Å². The molecule has 0 spiro atoms. The number of ether oxygens (including phenoxy) is 1. The van der Waals surface area contributed by atoms with Crippen LogP contribution in [0.4, 0.5) is 5.69 Å². The van der Waals surface area contributed by atoms with E-state index >= 15 is 0 Å². The second kappa shape index (κ2) is 10.4. The van der Waals surface area contributed by atoms with Crippen molar-refractivity contribution < 1.29 is 24.7 Å². The molecule has 0 aliphatic rings. The van der Waals surface area contributed by atoms with Gasteiger partial charge in [-0.25, -0.2) is 0 Å². The number of anilines is 1. The van der Waals surface area contributed by atoms with Crippen molar-refractivity contribution in [1.82, 2.24) is 0 Å². The van der Waals surface area contributed by atoms with E-state index in [9.17, 15) is 14.7 Å². The average molecular weight is 387 g/mol. The lowest BCUT2D eigenvalue weighted by Gasteiger charge is -2.17. The standard InChI is InChI=1S/C16H23BrN2O4/c1-11(2)23-9-5-8-18-14(16(21)22)10-15(20)19-13-7-4-3-6-12(13)17/h3-4,6-7,11,14,18H,5,8-10H2,1-2H3,(H,19,20)(H,21,22)/t14-/m1/s1. The normalized spacial score (nSPS) is 12.2. The van der Waals surface area contributed by atoms with Crippen LogP contribution in [0.15, 0.2) is 28.7 Å². The summed E-state index contributed by atoms with van der Waals surface area (Å²) < 4.78 is 6.13. The molecule has 0 radical (unpaired) electrons. The number of nitrogens with two attached hydrogens (primary N) is 1. The molecule has 1 aromatic carbocycles. The highest BCUT2D eigenvalue weighted by molar-refractivity contribution is 9.10. The Bertz CT molecular complexity index is 523. The predicted octanol–water partition coefficient (Wildman–Crippen LogP) is 0.275. The van der Waals surface area contributed by atoms with Gasteiger partial charge in [-0.1, -0.05) is 12.1 Å². The predicted molar refractivity (Wildman–Crippen MR) is 88.7 cm³/mol. The van der Waals surface area contributed by atoms with Gasteiger partial charge in [-0.2, -0.15) is 0 Å². The number of carboxylic acid groups (broad SMARTS) is 1. The minimum absolute atomic E-state index is 0.144. The van der Waals surface area contributed by atoms with Gasteiger partial charge in [0.15, 0.2) is 0 Å². The van der Waals surface area contributed by atoms with E-state index in [2.05, 4.69) is 21.2 Å². The number of hydrogen-bond acceptors (Lipinski definition) is 4. The third kappa shape index (κ3) is 8.11. The molecule has 0 fully saturated rings. The molecule has 6 nitrogen and oxygen atoms in total. The van der Waals surface area contributed by atoms with Gasteiger partial charge in [0.05, 0.1) is 37.3 Å². The van der Waals surface area contributed by atoms with Crippen molar-refractivity contribution in [3.63, 3.8) is 0 Å². The molecule has 1 atom stereocenters. The van der Waals surface area contributed by atoms with E-state index in [1.807, 2.05) is 19.9 Å². The first kappa shape index (κ1) is 19.6. The SMILES string of the molecule is CC(C)OCCC[NH2+][C@H](CC(=O)Nc1ccccc1Br)C(=O)[O-]. The molecule has 1 rings (SSSR count). The number of quaternary nitrogens is 1. The monoisotopic (exact) mass is 386 g/mol. The number of carbonyl (C=O) groups excluding carboxylic acids is 2. The molecular weight excluding hydrogens is 364 g/mol. The van der Waals surface area contributed by atoms with E-state index in [1.165, 1.54) is 0 Å². The number of carboxylic acids is 1. The third-order valence-electron chi connectivity index (χ3n) is 3.11. The Kier molecular flexibility index (Phi) is 8.83. The average Bonchev–Trinajstić information content (AvgIpc) is 2.47. The summed E-state index contributed by atoms with van der Waals surface area (Å²) in [5.41, 5.74) is 0.611. The van der Waals surface area contributed by atoms with E-state index in [0.717, 1.165) is 4.47 Å². The minimum Gasteiger partial charge on any atom is -0.544 e. The molecule has 0 aliphatic heterocycles. The molecule has 0 saturated heterocycles. The van der Waals surface area contributed by atoms with Crippen molar-refractivity contribution in [2.45, 2.75) is 38.8 Å². The number of carbonyl (C=O) groups is 2. The zero-order chi connectivity index (χ0) is 17.2. The van der Waals surface area contributed by atoms with Crippen LogP contribution < -0.4 is 15.7 Å². The van der Waals surface area contributed by atoms with Crippen molar-refractivity contribution in [3.05, 3.63) is 28.7 Å². The lowest BCUT2D eigenvalue weighted by molar-refractivity contribution is -0.682. The number of rotatable bonds is 10. The van der Waals surface area contributed by atoms with Gasteiger partial charge in [0.1, 0.15) is 6.04 Å². The number of para-hydroxylation sites is 1. The van der Waals surface area contributed by atoms with Crippen LogP contribution in [0.25, 0.3) is 0 Å². The smallest absolute Gasteiger partial charge is 0.230 e. The summed E-state index contributed by atoms with van der Waals surface area (Å²) in [7, 11) is 0. The van der Waals surface area contributed by atoms with Crippen LogP contribution in [-0.2, 0) is 14.3 Å². The molecular formula is C16H23BrN2O4. The Morgan fingerprint density at radius 1 is 1.35 bits per heavy atom. The molecule has 0 aliphatic carbocycles. The van der Waals surface area contributed by atoms with Gasteiger partial charge in [-0.15, -0.1) is 0 Å². The van der Waals surface area contributed by atoms with Gasteiger partial charge in [0.25, 0.3) is 0 Å². The fraction of sp³-hybridized carbons (Fsp3) is 0.500. The molecule has 0 heterocycles. The molecule has 0 aromatic heterocycles. The summed E-state index contributed by atoms with van der Waals surface area (Å²) in [6.07, 6.45) is 0.727. The Hall–Kier alpha value is -1.44. The van der Waals surface area contributed by atoms with Crippen molar-refractivity contribution >= 4 is 33.5 Å². The van der Waals surface area contributed by atoms with Gasteiger partial charge in [0, 0.05) is 10.9 Å². The fourth-order valence-electron chi connectivity index (χ4n) is 1.95. The fourth-order valence-corrected chi connectivity index (χ4v) is 2.33. The van der Waals surface area contributed by atoms with Crippen LogP contribution in [0.2, 0.25) is 0 Å². The molecule has 0 unspecified atom stereocenters. The van der Waals surface area contributed by atoms with Gasteiger partial charge in [-0.3, -0.25) is 4.79 Å². The summed E-state index contributed by atoms with van der Waals surface area (Å²) >= 11 is 3.33. The van der Waals surface area contributed by atoms with Crippen LogP contribution in [0.5, 0.6) is 0 Å². The molecule has 1 amide bonds. The second-order valence-electron chi connectivity index (χ2n) is 5.46. The Labute approximate surface area is 144 Å². The van der Waals surface area contributed by atoms with Gasteiger partial charge in [0.2, 0.25) is 5.91 Å². The summed E-state index contributed by atoms with van der Waals surface area (Å²) in [6, 6.07) is 6.25. The van der Waals surface area contributed by atoms with Crippen molar-refractivity contribution in [3.8, 4) is 0 Å². The molecule has 23 heavy (non-hydrogen) atoms. The zero-order valence-corrected chi connectivity index (χ0v) is 15.0. The van der Waals surface area contributed by atoms with Crippen LogP contribution >= 0.6 is 15.9 Å². The van der Waals surface area contributed by atoms with Gasteiger partial charge < -0.3 is 25.3 Å². The molecule has 1 aromatic rings.